The lowest BCUT2D eigenvalue weighted by Gasteiger charge is -2.33. The monoisotopic (exact) mass is 297 g/mol. The molecular weight excluding hydrogens is 282 g/mol. The Morgan fingerprint density at radius 1 is 1.50 bits per heavy atom. The highest BCUT2D eigenvalue weighted by Gasteiger charge is 2.26. The third-order valence-electron chi connectivity index (χ3n) is 3.26. The zero-order valence-corrected chi connectivity index (χ0v) is 11.9. The van der Waals surface area contributed by atoms with Gasteiger partial charge in [0, 0.05) is 31.7 Å². The Balaban J connectivity index is 0.00000147. The summed E-state index contributed by atoms with van der Waals surface area (Å²) < 4.78 is 10.4. The maximum absolute atomic E-state index is 12.3. The van der Waals surface area contributed by atoms with Crippen LogP contribution in [-0.2, 0) is 0 Å². The maximum Gasteiger partial charge on any atom is 0.276 e. The fourth-order valence-corrected chi connectivity index (χ4v) is 2.20. The topological polar surface area (TPSA) is 71.5 Å². The van der Waals surface area contributed by atoms with Crippen LogP contribution in [-0.4, -0.2) is 41.6 Å². The van der Waals surface area contributed by atoms with Crippen molar-refractivity contribution in [3.63, 3.8) is 0 Å². The summed E-state index contributed by atoms with van der Waals surface area (Å²) in [5, 5.41) is 7.08. The number of amides is 1. The summed E-state index contributed by atoms with van der Waals surface area (Å²) in [6.07, 6.45) is 1.55. The molecule has 20 heavy (non-hydrogen) atoms. The quantitative estimate of drug-likeness (QED) is 0.915. The predicted octanol–water partition coefficient (Wildman–Crippen LogP) is 1.79. The van der Waals surface area contributed by atoms with Crippen LogP contribution in [0.25, 0.3) is 11.5 Å². The Bertz CT molecular complexity index is 567. The molecule has 0 spiro atoms. The molecule has 1 unspecified atom stereocenters. The van der Waals surface area contributed by atoms with Gasteiger partial charge < -0.3 is 19.2 Å². The molecule has 1 aliphatic heterocycles. The number of halogens is 1. The first kappa shape index (κ1) is 14.6. The summed E-state index contributed by atoms with van der Waals surface area (Å²) in [5.74, 6) is 0.937. The number of nitrogens with one attached hydrogen (secondary N) is 1. The SMILES string of the molecule is CC1CNCCN1C(=O)c1cc(-c2ccco2)on1.Cl. The van der Waals surface area contributed by atoms with Crippen molar-refractivity contribution in [3.05, 3.63) is 30.2 Å². The number of piperazine rings is 1. The van der Waals surface area contributed by atoms with E-state index >= 15 is 0 Å². The molecule has 0 saturated carbocycles. The lowest BCUT2D eigenvalue weighted by atomic mass is 10.2. The first-order valence-electron chi connectivity index (χ1n) is 6.28. The minimum Gasteiger partial charge on any atom is -0.461 e. The lowest BCUT2D eigenvalue weighted by Crippen LogP contribution is -2.52. The number of hydrogen-bond acceptors (Lipinski definition) is 5. The molecule has 2 aromatic heterocycles. The van der Waals surface area contributed by atoms with Gasteiger partial charge in [0.1, 0.15) is 0 Å². The van der Waals surface area contributed by atoms with E-state index in [0.717, 1.165) is 13.1 Å². The largest absolute Gasteiger partial charge is 0.461 e. The minimum atomic E-state index is -0.101. The van der Waals surface area contributed by atoms with E-state index in [-0.39, 0.29) is 24.4 Å². The van der Waals surface area contributed by atoms with Gasteiger partial charge in [-0.05, 0) is 19.1 Å². The average molecular weight is 298 g/mol. The summed E-state index contributed by atoms with van der Waals surface area (Å²) in [5.41, 5.74) is 0.320. The van der Waals surface area contributed by atoms with Crippen LogP contribution in [0.2, 0.25) is 0 Å². The molecule has 3 rings (SSSR count). The zero-order valence-electron chi connectivity index (χ0n) is 11.0. The third-order valence-corrected chi connectivity index (χ3v) is 3.26. The van der Waals surface area contributed by atoms with E-state index in [4.69, 9.17) is 8.94 Å². The van der Waals surface area contributed by atoms with Crippen molar-refractivity contribution in [1.82, 2.24) is 15.4 Å². The number of nitrogens with zero attached hydrogens (tertiary/aromatic N) is 2. The first-order chi connectivity index (χ1) is 9.25. The van der Waals surface area contributed by atoms with Crippen LogP contribution in [0.5, 0.6) is 0 Å². The normalized spacial score (nSPS) is 18.6. The smallest absolute Gasteiger partial charge is 0.276 e. The van der Waals surface area contributed by atoms with E-state index in [9.17, 15) is 4.79 Å². The fourth-order valence-electron chi connectivity index (χ4n) is 2.20. The molecule has 6 nitrogen and oxygen atoms in total. The molecule has 2 aromatic rings. The second-order valence-corrected chi connectivity index (χ2v) is 4.61. The highest BCUT2D eigenvalue weighted by Crippen LogP contribution is 2.21. The Morgan fingerprint density at radius 3 is 3.05 bits per heavy atom. The molecule has 0 radical (unpaired) electrons. The van der Waals surface area contributed by atoms with Crippen molar-refractivity contribution in [2.45, 2.75) is 13.0 Å². The van der Waals surface area contributed by atoms with Crippen LogP contribution >= 0.6 is 12.4 Å². The molecule has 1 N–H and O–H groups in total. The standard InChI is InChI=1S/C13H15N3O3.ClH/c1-9-8-14-4-5-16(9)13(17)10-7-12(19-15-10)11-3-2-6-18-11;/h2-3,6-7,9,14H,4-5,8H2,1H3;1H. The third kappa shape index (κ3) is 2.71. The maximum atomic E-state index is 12.3. The van der Waals surface area contributed by atoms with Gasteiger partial charge in [-0.1, -0.05) is 5.16 Å². The molecule has 0 aromatic carbocycles. The summed E-state index contributed by atoms with van der Waals surface area (Å²) in [6, 6.07) is 5.31. The predicted molar refractivity (Wildman–Crippen MR) is 74.8 cm³/mol. The molecule has 0 aliphatic carbocycles. The second-order valence-electron chi connectivity index (χ2n) is 4.61. The summed E-state index contributed by atoms with van der Waals surface area (Å²) in [7, 11) is 0. The number of hydrogen-bond donors (Lipinski definition) is 1. The molecule has 1 saturated heterocycles. The van der Waals surface area contributed by atoms with Crippen LogP contribution in [0.1, 0.15) is 17.4 Å². The van der Waals surface area contributed by atoms with Gasteiger partial charge in [-0.2, -0.15) is 0 Å². The highest BCUT2D eigenvalue weighted by atomic mass is 35.5. The molecule has 1 aliphatic rings. The summed E-state index contributed by atoms with van der Waals surface area (Å²) in [6.45, 7) is 4.30. The van der Waals surface area contributed by atoms with Crippen molar-refractivity contribution in [2.75, 3.05) is 19.6 Å². The molecule has 1 atom stereocenters. The lowest BCUT2D eigenvalue weighted by molar-refractivity contribution is 0.0645. The average Bonchev–Trinajstić information content (AvgIpc) is 3.09. The van der Waals surface area contributed by atoms with Crippen LogP contribution in [0.15, 0.2) is 33.4 Å². The van der Waals surface area contributed by atoms with E-state index in [2.05, 4.69) is 10.5 Å². The number of carbonyl (C=O) groups excluding carboxylic acids is 1. The number of carbonyl (C=O) groups is 1. The highest BCUT2D eigenvalue weighted by molar-refractivity contribution is 5.93. The van der Waals surface area contributed by atoms with Gasteiger partial charge in [0.25, 0.3) is 5.91 Å². The molecule has 1 amide bonds. The van der Waals surface area contributed by atoms with Crippen molar-refractivity contribution in [1.29, 1.82) is 0 Å². The summed E-state index contributed by atoms with van der Waals surface area (Å²) in [4.78, 5) is 14.1. The molecular formula is C13H16ClN3O3. The number of rotatable bonds is 2. The molecule has 1 fully saturated rings. The number of aromatic nitrogens is 1. The Kier molecular flexibility index (Phi) is 4.46. The Labute approximate surface area is 122 Å². The van der Waals surface area contributed by atoms with Crippen LogP contribution in [0.3, 0.4) is 0 Å². The van der Waals surface area contributed by atoms with Crippen molar-refractivity contribution in [2.24, 2.45) is 0 Å². The van der Waals surface area contributed by atoms with Crippen LogP contribution in [0, 0.1) is 0 Å². The van der Waals surface area contributed by atoms with Crippen molar-refractivity contribution >= 4 is 18.3 Å². The molecule has 0 bridgehead atoms. The van der Waals surface area contributed by atoms with Gasteiger partial charge in [-0.25, -0.2) is 0 Å². The molecule has 108 valence electrons. The van der Waals surface area contributed by atoms with E-state index in [0.29, 0.717) is 23.8 Å². The van der Waals surface area contributed by atoms with Crippen LogP contribution < -0.4 is 5.32 Å². The zero-order chi connectivity index (χ0) is 13.2. The van der Waals surface area contributed by atoms with E-state index in [1.807, 2.05) is 6.92 Å². The molecule has 3 heterocycles. The second kappa shape index (κ2) is 6.11. The number of furan rings is 1. The van der Waals surface area contributed by atoms with Gasteiger partial charge in [-0.15, -0.1) is 12.4 Å². The van der Waals surface area contributed by atoms with E-state index in [1.165, 1.54) is 0 Å². The fraction of sp³-hybridized carbons (Fsp3) is 0.385. The minimum absolute atomic E-state index is 0. The molecule has 7 heteroatoms. The Morgan fingerprint density at radius 2 is 2.35 bits per heavy atom. The van der Waals surface area contributed by atoms with Gasteiger partial charge in [-0.3, -0.25) is 4.79 Å². The van der Waals surface area contributed by atoms with Crippen LogP contribution in [0.4, 0.5) is 0 Å². The van der Waals surface area contributed by atoms with Crippen molar-refractivity contribution < 1.29 is 13.7 Å². The van der Waals surface area contributed by atoms with Gasteiger partial charge in [0.15, 0.2) is 11.5 Å². The van der Waals surface area contributed by atoms with E-state index < -0.39 is 0 Å². The first-order valence-corrected chi connectivity index (χ1v) is 6.28. The van der Waals surface area contributed by atoms with E-state index in [1.54, 1.807) is 29.4 Å². The van der Waals surface area contributed by atoms with Gasteiger partial charge in [0.05, 0.1) is 6.26 Å². The van der Waals surface area contributed by atoms with Gasteiger partial charge >= 0.3 is 0 Å². The van der Waals surface area contributed by atoms with Gasteiger partial charge in [0.2, 0.25) is 5.76 Å². The summed E-state index contributed by atoms with van der Waals surface area (Å²) >= 11 is 0. The van der Waals surface area contributed by atoms with Crippen molar-refractivity contribution in [3.8, 4) is 11.5 Å². The Hall–Kier alpha value is -1.79.